The number of likely N-dealkylation sites (tertiary alicyclic amines) is 1. The van der Waals surface area contributed by atoms with E-state index in [0.29, 0.717) is 24.2 Å². The number of hydrogen-bond donors (Lipinski definition) is 1. The summed E-state index contributed by atoms with van der Waals surface area (Å²) < 4.78 is 0. The Hall–Kier alpha value is -2.54. The maximum absolute atomic E-state index is 3.71. The molecule has 4 unspecified atom stereocenters. The minimum absolute atomic E-state index is 0.548. The van der Waals surface area contributed by atoms with Crippen LogP contribution in [0.25, 0.3) is 0 Å². The van der Waals surface area contributed by atoms with E-state index in [1.165, 1.54) is 120 Å². The molecule has 2 aliphatic carbocycles. The monoisotopic (exact) mass is 674 g/mol. The Morgan fingerprint density at radius 2 is 1.36 bits per heavy atom. The van der Waals surface area contributed by atoms with Crippen molar-refractivity contribution in [3.63, 3.8) is 0 Å². The largest absolute Gasteiger partial charge is 0.314 e. The summed E-state index contributed by atoms with van der Waals surface area (Å²) in [7, 11) is 0. The fourth-order valence-electron chi connectivity index (χ4n) is 10.9. The second-order valence-electron chi connectivity index (χ2n) is 16.8. The van der Waals surface area contributed by atoms with E-state index in [9.17, 15) is 0 Å². The maximum Gasteiger partial charge on any atom is 0.0264 e. The molecule has 5 heteroatoms. The molecule has 2 saturated carbocycles. The average Bonchev–Trinajstić information content (AvgIpc) is 3.91. The summed E-state index contributed by atoms with van der Waals surface area (Å²) in [5.41, 5.74) is 4.47. The van der Waals surface area contributed by atoms with Crippen LogP contribution in [0.4, 0.5) is 0 Å². The van der Waals surface area contributed by atoms with E-state index in [0.717, 1.165) is 43.7 Å². The molecular weight excluding hydrogens is 611 g/mol. The van der Waals surface area contributed by atoms with E-state index in [2.05, 4.69) is 116 Å². The van der Waals surface area contributed by atoms with E-state index in [-0.39, 0.29) is 0 Å². The molecule has 5 fully saturated rings. The fraction of sp³-hybridized carbons (Fsp3) is 0.600. The van der Waals surface area contributed by atoms with Crippen LogP contribution in [0.15, 0.2) is 91.0 Å². The van der Waals surface area contributed by atoms with Crippen LogP contribution in [-0.2, 0) is 19.3 Å². The lowest BCUT2D eigenvalue weighted by Gasteiger charge is -2.46. The highest BCUT2D eigenvalue weighted by atomic mass is 15.3. The lowest BCUT2D eigenvalue weighted by atomic mass is 9.86. The molecule has 7 atom stereocenters. The Kier molecular flexibility index (Phi) is 11.6. The number of benzene rings is 3. The van der Waals surface area contributed by atoms with Crippen molar-refractivity contribution in [3.8, 4) is 0 Å². The molecule has 1 N–H and O–H groups in total. The highest BCUT2D eigenvalue weighted by Gasteiger charge is 2.40. The Labute approximate surface area is 303 Å². The number of hydrogen-bond acceptors (Lipinski definition) is 5. The minimum Gasteiger partial charge on any atom is -0.314 e. The van der Waals surface area contributed by atoms with Crippen molar-refractivity contribution in [1.29, 1.82) is 0 Å². The van der Waals surface area contributed by atoms with Crippen molar-refractivity contribution in [1.82, 2.24) is 24.9 Å². The number of nitrogens with zero attached hydrogens (tertiary/aromatic N) is 4. The molecule has 0 amide bonds. The molecule has 0 radical (unpaired) electrons. The molecule has 5 aliphatic rings. The van der Waals surface area contributed by atoms with Gasteiger partial charge in [-0.3, -0.25) is 19.6 Å². The van der Waals surface area contributed by atoms with E-state index in [1.807, 2.05) is 0 Å². The van der Waals surface area contributed by atoms with Crippen LogP contribution >= 0.6 is 0 Å². The van der Waals surface area contributed by atoms with Gasteiger partial charge in [0.1, 0.15) is 0 Å². The van der Waals surface area contributed by atoms with Crippen LogP contribution < -0.4 is 5.32 Å². The van der Waals surface area contributed by atoms with Crippen LogP contribution in [0, 0.1) is 17.8 Å². The van der Waals surface area contributed by atoms with Crippen LogP contribution in [0.3, 0.4) is 0 Å². The summed E-state index contributed by atoms with van der Waals surface area (Å²) in [6.45, 7) is 12.0. The molecule has 268 valence electrons. The zero-order chi connectivity index (χ0) is 33.5. The van der Waals surface area contributed by atoms with E-state index in [1.54, 1.807) is 0 Å². The van der Waals surface area contributed by atoms with Gasteiger partial charge in [0.2, 0.25) is 0 Å². The lowest BCUT2D eigenvalue weighted by Crippen LogP contribution is -2.60. The Balaban J connectivity index is 0.961. The molecule has 3 aliphatic heterocycles. The molecular formula is C45H63N5. The van der Waals surface area contributed by atoms with Crippen molar-refractivity contribution < 1.29 is 0 Å². The normalized spacial score (nSPS) is 30.2. The van der Waals surface area contributed by atoms with Crippen molar-refractivity contribution in [3.05, 3.63) is 108 Å². The molecule has 8 rings (SSSR count). The van der Waals surface area contributed by atoms with Gasteiger partial charge in [0, 0.05) is 76.5 Å². The Morgan fingerprint density at radius 1 is 0.640 bits per heavy atom. The van der Waals surface area contributed by atoms with E-state index >= 15 is 0 Å². The summed E-state index contributed by atoms with van der Waals surface area (Å²) >= 11 is 0. The highest BCUT2D eigenvalue weighted by Crippen LogP contribution is 2.49. The van der Waals surface area contributed by atoms with Gasteiger partial charge in [-0.15, -0.1) is 0 Å². The summed E-state index contributed by atoms with van der Waals surface area (Å²) in [5.74, 6) is 3.08. The van der Waals surface area contributed by atoms with Gasteiger partial charge in [-0.2, -0.15) is 0 Å². The quantitative estimate of drug-likeness (QED) is 0.207. The number of piperazine rings is 2. The van der Waals surface area contributed by atoms with Crippen molar-refractivity contribution >= 4 is 0 Å². The summed E-state index contributed by atoms with van der Waals surface area (Å²) in [6.07, 6.45) is 13.6. The van der Waals surface area contributed by atoms with Gasteiger partial charge in [0.15, 0.2) is 0 Å². The first-order valence-corrected chi connectivity index (χ1v) is 20.5. The molecule has 3 saturated heterocycles. The summed E-state index contributed by atoms with van der Waals surface area (Å²) in [4.78, 5) is 11.6. The molecule has 50 heavy (non-hydrogen) atoms. The maximum atomic E-state index is 3.71. The van der Waals surface area contributed by atoms with Gasteiger partial charge in [-0.05, 0) is 105 Å². The number of rotatable bonds is 14. The molecule has 2 bridgehead atoms. The van der Waals surface area contributed by atoms with E-state index < -0.39 is 0 Å². The SMILES string of the molecule is c1ccc(C[C@H]2CNCCN2CC2CCCN2C[C@H](Cc2ccccc2)N2CCN(CCC3CC4CCC3C4)[C@@H](Cc3ccccc3)C2)cc1. The van der Waals surface area contributed by atoms with Crippen LogP contribution in [-0.4, -0.2) is 109 Å². The van der Waals surface area contributed by atoms with Crippen LogP contribution in [0.2, 0.25) is 0 Å². The van der Waals surface area contributed by atoms with Crippen molar-refractivity contribution in [2.75, 3.05) is 65.4 Å². The molecule has 0 spiro atoms. The number of fused-ring (bicyclic) bond motifs is 2. The molecule has 3 heterocycles. The Morgan fingerprint density at radius 3 is 2.06 bits per heavy atom. The second kappa shape index (κ2) is 16.9. The first-order chi connectivity index (χ1) is 24.7. The van der Waals surface area contributed by atoms with Crippen LogP contribution in [0.1, 0.15) is 61.6 Å². The zero-order valence-corrected chi connectivity index (χ0v) is 30.6. The average molecular weight is 674 g/mol. The third kappa shape index (κ3) is 8.73. The van der Waals surface area contributed by atoms with Gasteiger partial charge in [0.25, 0.3) is 0 Å². The van der Waals surface area contributed by atoms with E-state index in [4.69, 9.17) is 0 Å². The first kappa shape index (κ1) is 34.5. The van der Waals surface area contributed by atoms with Gasteiger partial charge < -0.3 is 5.32 Å². The fourth-order valence-corrected chi connectivity index (χ4v) is 10.9. The molecule has 3 aromatic rings. The van der Waals surface area contributed by atoms with Crippen molar-refractivity contribution in [2.24, 2.45) is 17.8 Å². The van der Waals surface area contributed by atoms with Gasteiger partial charge in [-0.1, -0.05) is 97.4 Å². The molecule has 0 aromatic heterocycles. The number of nitrogens with one attached hydrogen (secondary N) is 1. The lowest BCUT2D eigenvalue weighted by molar-refractivity contribution is 0.0259. The predicted molar refractivity (Wildman–Crippen MR) is 208 cm³/mol. The predicted octanol–water partition coefficient (Wildman–Crippen LogP) is 6.63. The Bertz CT molecular complexity index is 1430. The topological polar surface area (TPSA) is 25.0 Å². The molecule has 5 nitrogen and oxygen atoms in total. The first-order valence-electron chi connectivity index (χ1n) is 20.5. The zero-order valence-electron chi connectivity index (χ0n) is 30.6. The third-order valence-corrected chi connectivity index (χ3v) is 13.6. The summed E-state index contributed by atoms with van der Waals surface area (Å²) in [5, 5.41) is 3.71. The third-order valence-electron chi connectivity index (χ3n) is 13.6. The molecule has 3 aromatic carbocycles. The van der Waals surface area contributed by atoms with Gasteiger partial charge in [-0.25, -0.2) is 0 Å². The highest BCUT2D eigenvalue weighted by molar-refractivity contribution is 5.19. The van der Waals surface area contributed by atoms with Crippen LogP contribution in [0.5, 0.6) is 0 Å². The minimum atomic E-state index is 0.548. The van der Waals surface area contributed by atoms with Crippen molar-refractivity contribution in [2.45, 2.75) is 88.4 Å². The second-order valence-corrected chi connectivity index (χ2v) is 16.8. The van der Waals surface area contributed by atoms with Gasteiger partial charge >= 0.3 is 0 Å². The standard InChI is InChI=1S/C45H63N5/c1-4-11-36(12-5-1)29-43-32-46-21-24-49(43)33-42-17-10-22-48(42)35-45(31-38-15-8-3-9-16-38)50-26-25-47(23-20-41-28-39-18-19-40(41)27-39)44(34-50)30-37-13-6-2-7-14-37/h1-9,11-16,39-46H,10,17-35H2/t39?,40?,41?,42?,43-,44-,45-/m0/s1. The van der Waals surface area contributed by atoms with Gasteiger partial charge in [0.05, 0.1) is 0 Å². The smallest absolute Gasteiger partial charge is 0.0264 e. The summed E-state index contributed by atoms with van der Waals surface area (Å²) in [6, 6.07) is 36.4.